The minimum Gasteiger partial charge on any atom is -0.481 e. The maximum Gasteiger partial charge on any atom is 0.309 e. The van der Waals surface area contributed by atoms with Crippen molar-refractivity contribution in [1.29, 1.82) is 0 Å². The predicted molar refractivity (Wildman–Crippen MR) is 169 cm³/mol. The van der Waals surface area contributed by atoms with Crippen LogP contribution in [0.3, 0.4) is 0 Å². The van der Waals surface area contributed by atoms with Gasteiger partial charge in [0.15, 0.2) is 0 Å². The molecule has 5 aliphatic carbocycles. The van der Waals surface area contributed by atoms with E-state index in [2.05, 4.69) is 41.2 Å². The lowest BCUT2D eigenvalue weighted by atomic mass is 9.31. The van der Waals surface area contributed by atoms with E-state index in [0.29, 0.717) is 18.3 Å². The summed E-state index contributed by atoms with van der Waals surface area (Å²) in [7, 11) is 0. The molecule has 252 valence electrons. The second-order valence-corrected chi connectivity index (χ2v) is 16.7. The van der Waals surface area contributed by atoms with Gasteiger partial charge in [-0.3, -0.25) is 19.2 Å². The number of fused-ring (bicyclic) bond motifs is 7. The molecule has 0 unspecified atom stereocenters. The number of allylic oxidation sites excluding steroid dienone is 1. The Morgan fingerprint density at radius 2 is 1.44 bits per heavy atom. The van der Waals surface area contributed by atoms with Crippen LogP contribution in [-0.2, 0) is 33.4 Å². The first-order valence-corrected chi connectivity index (χ1v) is 17.2. The zero-order valence-corrected chi connectivity index (χ0v) is 28.8. The fourth-order valence-electron chi connectivity index (χ4n) is 12.9. The third-order valence-electron chi connectivity index (χ3n) is 14.7. The standard InChI is InChI=1S/C37H56O8/c1-21(2)26-12-15-37(32(41)42)17-16-35(8)27(30(26)37)10-11-29-33(6)18-25(19-43-22(3)38)31(45-24(5)40)34(7,20-44-23(4)39)28(33)13-14-36(29,35)9/h25-31H,1,10-20H2,2-9H3,(H,41,42)/t25-,26+,27-,28-,29-,30-,31+,33+,34+,35-,36-,37+/m1/s1. The second-order valence-electron chi connectivity index (χ2n) is 16.7. The Balaban J connectivity index is 1.58. The van der Waals surface area contributed by atoms with Crippen LogP contribution in [0.1, 0.15) is 113 Å². The molecule has 5 fully saturated rings. The molecule has 0 spiro atoms. The molecule has 0 saturated heterocycles. The van der Waals surface area contributed by atoms with Crippen LogP contribution < -0.4 is 0 Å². The number of hydrogen-bond acceptors (Lipinski definition) is 7. The Labute approximate surface area is 269 Å². The summed E-state index contributed by atoms with van der Waals surface area (Å²) in [5.74, 6) is -0.957. The summed E-state index contributed by atoms with van der Waals surface area (Å²) in [6.45, 7) is 20.3. The quantitative estimate of drug-likeness (QED) is 0.182. The summed E-state index contributed by atoms with van der Waals surface area (Å²) in [6.07, 6.45) is 7.25. The SMILES string of the molecule is C=C(C)[C@@H]1CC[C@]2(C(=O)O)CC[C@]3(C)[C@H](CC[C@@H]4[C@@]5(C)C[C@H](COC(C)=O)[C@H](OC(C)=O)[C@@](C)(COC(C)=O)[C@@H]5CC[C@]43C)[C@@H]12. The minimum atomic E-state index is -0.671. The van der Waals surface area contributed by atoms with Crippen LogP contribution >= 0.6 is 0 Å². The van der Waals surface area contributed by atoms with Gasteiger partial charge in [0.25, 0.3) is 0 Å². The Kier molecular flexibility index (Phi) is 8.60. The van der Waals surface area contributed by atoms with E-state index in [1.54, 1.807) is 0 Å². The van der Waals surface area contributed by atoms with Crippen molar-refractivity contribution in [3.63, 3.8) is 0 Å². The molecular formula is C37H56O8. The third-order valence-corrected chi connectivity index (χ3v) is 14.7. The Bertz CT molecular complexity index is 1260. The number of hydrogen-bond donors (Lipinski definition) is 1. The minimum absolute atomic E-state index is 0.0450. The van der Waals surface area contributed by atoms with E-state index < -0.39 is 28.9 Å². The number of rotatable bonds is 7. The number of carbonyl (C=O) groups is 4. The van der Waals surface area contributed by atoms with Crippen LogP contribution in [0.25, 0.3) is 0 Å². The van der Waals surface area contributed by atoms with Crippen LogP contribution in [0.5, 0.6) is 0 Å². The smallest absolute Gasteiger partial charge is 0.309 e. The fourth-order valence-corrected chi connectivity index (χ4v) is 12.9. The molecule has 0 aromatic rings. The van der Waals surface area contributed by atoms with Gasteiger partial charge in [-0.1, -0.05) is 39.8 Å². The van der Waals surface area contributed by atoms with Crippen LogP contribution in [0.15, 0.2) is 12.2 Å². The van der Waals surface area contributed by atoms with E-state index in [1.165, 1.54) is 20.8 Å². The highest BCUT2D eigenvalue weighted by Gasteiger charge is 2.73. The van der Waals surface area contributed by atoms with Gasteiger partial charge < -0.3 is 19.3 Å². The van der Waals surface area contributed by atoms with Crippen LogP contribution in [-0.4, -0.2) is 48.3 Å². The molecule has 5 rings (SSSR count). The molecule has 0 heterocycles. The molecule has 5 aliphatic rings. The van der Waals surface area contributed by atoms with Crippen molar-refractivity contribution < 1.29 is 38.5 Å². The van der Waals surface area contributed by atoms with E-state index in [-0.39, 0.29) is 65.1 Å². The van der Waals surface area contributed by atoms with Crippen LogP contribution in [0.4, 0.5) is 0 Å². The lowest BCUT2D eigenvalue weighted by Crippen LogP contribution is -2.69. The summed E-state index contributed by atoms with van der Waals surface area (Å²) >= 11 is 0. The maximum atomic E-state index is 13.0. The molecule has 0 radical (unpaired) electrons. The van der Waals surface area contributed by atoms with Crippen molar-refractivity contribution in [3.8, 4) is 0 Å². The first-order chi connectivity index (χ1) is 20.9. The van der Waals surface area contributed by atoms with Gasteiger partial charge in [-0.05, 0) is 111 Å². The summed E-state index contributed by atoms with van der Waals surface area (Å²) in [6, 6.07) is 0. The Morgan fingerprint density at radius 3 is 2.02 bits per heavy atom. The molecule has 0 bridgehead atoms. The number of carboxylic acid groups (broad SMARTS) is 1. The Morgan fingerprint density at radius 1 is 0.778 bits per heavy atom. The largest absolute Gasteiger partial charge is 0.481 e. The fraction of sp³-hybridized carbons (Fsp3) is 0.838. The van der Waals surface area contributed by atoms with Crippen molar-refractivity contribution >= 4 is 23.9 Å². The Hall–Kier alpha value is -2.38. The molecule has 0 aromatic carbocycles. The monoisotopic (exact) mass is 628 g/mol. The first-order valence-electron chi connectivity index (χ1n) is 17.2. The van der Waals surface area contributed by atoms with Gasteiger partial charge in [0, 0.05) is 32.1 Å². The zero-order valence-electron chi connectivity index (χ0n) is 28.8. The summed E-state index contributed by atoms with van der Waals surface area (Å²) in [5.41, 5.74) is -0.517. The molecule has 1 N–H and O–H groups in total. The van der Waals surface area contributed by atoms with Gasteiger partial charge in [0.2, 0.25) is 0 Å². The van der Waals surface area contributed by atoms with Gasteiger partial charge in [0.1, 0.15) is 12.7 Å². The summed E-state index contributed by atoms with van der Waals surface area (Å²) < 4.78 is 17.4. The first kappa shape index (κ1) is 34.0. The zero-order chi connectivity index (χ0) is 33.3. The van der Waals surface area contributed by atoms with Crippen molar-refractivity contribution in [1.82, 2.24) is 0 Å². The van der Waals surface area contributed by atoms with Crippen LogP contribution in [0.2, 0.25) is 0 Å². The van der Waals surface area contributed by atoms with Gasteiger partial charge in [-0.15, -0.1) is 0 Å². The highest BCUT2D eigenvalue weighted by molar-refractivity contribution is 5.76. The summed E-state index contributed by atoms with van der Waals surface area (Å²) in [5, 5.41) is 10.7. The molecule has 0 aliphatic heterocycles. The van der Waals surface area contributed by atoms with Crippen molar-refractivity contribution in [2.45, 2.75) is 119 Å². The van der Waals surface area contributed by atoms with Gasteiger partial charge in [-0.25, -0.2) is 0 Å². The molecule has 0 aromatic heterocycles. The number of esters is 3. The summed E-state index contributed by atoms with van der Waals surface area (Å²) in [4.78, 5) is 49.7. The van der Waals surface area contributed by atoms with Crippen molar-refractivity contribution in [2.24, 2.45) is 62.6 Å². The molecule has 5 saturated carbocycles. The van der Waals surface area contributed by atoms with Gasteiger partial charge >= 0.3 is 23.9 Å². The lowest BCUT2D eigenvalue weighted by molar-refractivity contribution is -0.269. The van der Waals surface area contributed by atoms with E-state index >= 15 is 0 Å². The van der Waals surface area contributed by atoms with E-state index in [1.807, 2.05) is 0 Å². The second kappa shape index (κ2) is 11.4. The lowest BCUT2D eigenvalue weighted by Gasteiger charge is -2.73. The molecule has 0 amide bonds. The van der Waals surface area contributed by atoms with Crippen molar-refractivity contribution in [3.05, 3.63) is 12.2 Å². The highest BCUT2D eigenvalue weighted by Crippen LogP contribution is 2.78. The number of carboxylic acids is 1. The van der Waals surface area contributed by atoms with Gasteiger partial charge in [-0.2, -0.15) is 0 Å². The third kappa shape index (κ3) is 4.97. The van der Waals surface area contributed by atoms with Gasteiger partial charge in [0.05, 0.1) is 12.0 Å². The predicted octanol–water partition coefficient (Wildman–Crippen LogP) is 6.99. The topological polar surface area (TPSA) is 116 Å². The average molecular weight is 629 g/mol. The maximum absolute atomic E-state index is 13.0. The normalized spacial score (nSPS) is 46.8. The average Bonchev–Trinajstić information content (AvgIpc) is 3.34. The molecule has 8 nitrogen and oxygen atoms in total. The molecule has 45 heavy (non-hydrogen) atoms. The highest BCUT2D eigenvalue weighted by atomic mass is 16.6. The molecular weight excluding hydrogens is 572 g/mol. The van der Waals surface area contributed by atoms with E-state index in [9.17, 15) is 24.3 Å². The van der Waals surface area contributed by atoms with E-state index in [0.717, 1.165) is 56.9 Å². The van der Waals surface area contributed by atoms with Crippen molar-refractivity contribution in [2.75, 3.05) is 13.2 Å². The number of ether oxygens (including phenoxy) is 3. The number of carbonyl (C=O) groups excluding carboxylic acids is 3. The number of aliphatic carboxylic acids is 1. The van der Waals surface area contributed by atoms with Crippen LogP contribution in [0, 0.1) is 62.6 Å². The molecule has 12 atom stereocenters. The van der Waals surface area contributed by atoms with E-state index in [4.69, 9.17) is 14.2 Å². The molecule has 8 heteroatoms.